The molecule has 9 heteroatoms. The zero-order chi connectivity index (χ0) is 19.4. The molecule has 2 heterocycles. The lowest BCUT2D eigenvalue weighted by Crippen LogP contribution is -2.31. The summed E-state index contributed by atoms with van der Waals surface area (Å²) in [7, 11) is 0. The summed E-state index contributed by atoms with van der Waals surface area (Å²) < 4.78 is 2.29. The topological polar surface area (TPSA) is 101 Å². The standard InChI is InChI=1S/C18H21N7OS/c1-11-5-4-6-14(9-11)16-22-24-18(27)25(16)8-7-15(26)21-23-17-19-12(2)10-13(3)20-17/h4-6,9-10H,7-8H2,1-3H3,(H,21,26)(H,24,27)(H,19,20,23). The average Bonchev–Trinajstić information content (AvgIpc) is 2.98. The summed E-state index contributed by atoms with van der Waals surface area (Å²) in [5.74, 6) is 0.874. The number of aryl methyl sites for hydroxylation is 3. The van der Waals surface area contributed by atoms with E-state index in [0.29, 0.717) is 23.1 Å². The highest BCUT2D eigenvalue weighted by Gasteiger charge is 2.11. The van der Waals surface area contributed by atoms with E-state index in [0.717, 1.165) is 22.5 Å². The number of H-pyrrole nitrogens is 1. The minimum absolute atomic E-state index is 0.198. The van der Waals surface area contributed by atoms with Crippen molar-refractivity contribution >= 4 is 24.1 Å². The first kappa shape index (κ1) is 18.7. The van der Waals surface area contributed by atoms with Gasteiger partial charge in [-0.2, -0.15) is 5.10 Å². The lowest BCUT2D eigenvalue weighted by Gasteiger charge is -2.10. The van der Waals surface area contributed by atoms with Gasteiger partial charge in [-0.05, 0) is 45.1 Å². The molecule has 0 saturated heterocycles. The number of hydrazine groups is 1. The molecule has 0 aliphatic heterocycles. The molecule has 140 valence electrons. The van der Waals surface area contributed by atoms with E-state index in [2.05, 4.69) is 31.0 Å². The highest BCUT2D eigenvalue weighted by atomic mass is 32.1. The van der Waals surface area contributed by atoms with Gasteiger partial charge < -0.3 is 0 Å². The molecule has 3 rings (SSSR count). The minimum atomic E-state index is -0.198. The molecular formula is C18H21N7OS. The Labute approximate surface area is 162 Å². The maximum Gasteiger partial charge on any atom is 0.242 e. The van der Waals surface area contributed by atoms with Gasteiger partial charge in [0.15, 0.2) is 10.6 Å². The molecular weight excluding hydrogens is 362 g/mol. The molecule has 1 amide bonds. The average molecular weight is 383 g/mol. The van der Waals surface area contributed by atoms with Gasteiger partial charge in [0.05, 0.1) is 0 Å². The molecule has 3 aromatic rings. The second kappa shape index (κ2) is 8.09. The Morgan fingerprint density at radius 3 is 2.63 bits per heavy atom. The number of rotatable bonds is 6. The van der Waals surface area contributed by atoms with Crippen LogP contribution in [-0.4, -0.2) is 30.6 Å². The van der Waals surface area contributed by atoms with E-state index < -0.39 is 0 Å². The Hall–Kier alpha value is -3.07. The van der Waals surface area contributed by atoms with Crippen molar-refractivity contribution in [3.05, 3.63) is 52.1 Å². The highest BCUT2D eigenvalue weighted by Crippen LogP contribution is 2.18. The van der Waals surface area contributed by atoms with Crippen molar-refractivity contribution in [2.45, 2.75) is 33.7 Å². The molecule has 2 aromatic heterocycles. The van der Waals surface area contributed by atoms with Crippen LogP contribution in [0.25, 0.3) is 11.4 Å². The molecule has 0 spiro atoms. The van der Waals surface area contributed by atoms with E-state index in [9.17, 15) is 4.79 Å². The van der Waals surface area contributed by atoms with Crippen LogP contribution >= 0.6 is 12.2 Å². The number of aromatic nitrogens is 5. The van der Waals surface area contributed by atoms with Gasteiger partial charge in [0.2, 0.25) is 11.9 Å². The van der Waals surface area contributed by atoms with Crippen LogP contribution in [0.5, 0.6) is 0 Å². The van der Waals surface area contributed by atoms with E-state index in [1.807, 2.05) is 55.7 Å². The van der Waals surface area contributed by atoms with Crippen LogP contribution in [0.2, 0.25) is 0 Å². The summed E-state index contributed by atoms with van der Waals surface area (Å²) >= 11 is 5.31. The Morgan fingerprint density at radius 1 is 1.19 bits per heavy atom. The second-order valence-electron chi connectivity index (χ2n) is 6.27. The van der Waals surface area contributed by atoms with Crippen molar-refractivity contribution in [3.8, 4) is 11.4 Å². The molecule has 3 N–H and O–H groups in total. The normalized spacial score (nSPS) is 10.6. The van der Waals surface area contributed by atoms with E-state index in [-0.39, 0.29) is 12.3 Å². The third kappa shape index (κ3) is 4.76. The number of amides is 1. The van der Waals surface area contributed by atoms with E-state index in [4.69, 9.17) is 12.2 Å². The van der Waals surface area contributed by atoms with Crippen molar-refractivity contribution in [3.63, 3.8) is 0 Å². The first-order valence-corrected chi connectivity index (χ1v) is 8.92. The number of nitrogens with zero attached hydrogens (tertiary/aromatic N) is 4. The SMILES string of the molecule is Cc1cccc(-c2n[nH]c(=S)n2CCC(=O)NNc2nc(C)cc(C)n2)c1. The van der Waals surface area contributed by atoms with E-state index in [1.54, 1.807) is 0 Å². The fraction of sp³-hybridized carbons (Fsp3) is 0.278. The highest BCUT2D eigenvalue weighted by molar-refractivity contribution is 7.71. The van der Waals surface area contributed by atoms with Gasteiger partial charge in [-0.1, -0.05) is 23.8 Å². The third-order valence-corrected chi connectivity index (χ3v) is 4.20. The predicted molar refractivity (Wildman–Crippen MR) is 105 cm³/mol. The first-order chi connectivity index (χ1) is 12.9. The molecule has 0 aliphatic rings. The summed E-state index contributed by atoms with van der Waals surface area (Å²) in [6, 6.07) is 9.84. The van der Waals surface area contributed by atoms with Crippen molar-refractivity contribution < 1.29 is 4.79 Å². The number of carbonyl (C=O) groups excluding carboxylic acids is 1. The lowest BCUT2D eigenvalue weighted by atomic mass is 10.1. The summed E-state index contributed by atoms with van der Waals surface area (Å²) in [5, 5.41) is 7.09. The molecule has 0 radical (unpaired) electrons. The third-order valence-electron chi connectivity index (χ3n) is 3.89. The summed E-state index contributed by atoms with van der Waals surface area (Å²) in [5.41, 5.74) is 9.08. The van der Waals surface area contributed by atoms with Crippen LogP contribution in [0.15, 0.2) is 30.3 Å². The Balaban J connectivity index is 1.64. The van der Waals surface area contributed by atoms with Crippen LogP contribution in [0.4, 0.5) is 5.95 Å². The van der Waals surface area contributed by atoms with E-state index >= 15 is 0 Å². The molecule has 8 nitrogen and oxygen atoms in total. The minimum Gasteiger partial charge on any atom is -0.300 e. The van der Waals surface area contributed by atoms with Gasteiger partial charge in [-0.3, -0.25) is 25.3 Å². The molecule has 0 aliphatic carbocycles. The molecule has 1 aromatic carbocycles. The molecule has 0 saturated carbocycles. The number of aromatic amines is 1. The Kier molecular flexibility index (Phi) is 5.60. The van der Waals surface area contributed by atoms with E-state index in [1.165, 1.54) is 0 Å². The van der Waals surface area contributed by atoms with Gasteiger partial charge >= 0.3 is 0 Å². The van der Waals surface area contributed by atoms with Crippen LogP contribution < -0.4 is 10.9 Å². The lowest BCUT2D eigenvalue weighted by molar-refractivity contribution is -0.120. The Morgan fingerprint density at radius 2 is 1.93 bits per heavy atom. The first-order valence-electron chi connectivity index (χ1n) is 8.52. The molecule has 0 unspecified atom stereocenters. The number of anilines is 1. The molecule has 0 atom stereocenters. The monoisotopic (exact) mass is 383 g/mol. The van der Waals surface area contributed by atoms with Crippen molar-refractivity contribution in [1.29, 1.82) is 0 Å². The zero-order valence-electron chi connectivity index (χ0n) is 15.4. The maximum atomic E-state index is 12.2. The van der Waals surface area contributed by atoms with Crippen molar-refractivity contribution in [2.75, 3.05) is 5.43 Å². The number of hydrogen-bond acceptors (Lipinski definition) is 6. The van der Waals surface area contributed by atoms with Crippen LogP contribution in [0, 0.1) is 25.5 Å². The number of hydrogen-bond donors (Lipinski definition) is 3. The molecule has 27 heavy (non-hydrogen) atoms. The van der Waals surface area contributed by atoms with Crippen molar-refractivity contribution in [2.24, 2.45) is 0 Å². The largest absolute Gasteiger partial charge is 0.300 e. The van der Waals surface area contributed by atoms with Gasteiger partial charge in [-0.15, -0.1) is 0 Å². The quantitative estimate of drug-likeness (QED) is 0.447. The smallest absolute Gasteiger partial charge is 0.242 e. The summed E-state index contributed by atoms with van der Waals surface area (Å²) in [6.45, 7) is 6.16. The van der Waals surface area contributed by atoms with Gasteiger partial charge in [0.25, 0.3) is 0 Å². The number of carbonyl (C=O) groups is 1. The fourth-order valence-electron chi connectivity index (χ4n) is 2.71. The van der Waals surface area contributed by atoms with Crippen molar-refractivity contribution in [1.82, 2.24) is 30.2 Å². The number of benzene rings is 1. The molecule has 0 bridgehead atoms. The van der Waals surface area contributed by atoms with Crippen LogP contribution in [0.1, 0.15) is 23.4 Å². The fourth-order valence-corrected chi connectivity index (χ4v) is 2.94. The molecule has 0 fully saturated rings. The Bertz CT molecular complexity index is 1000. The predicted octanol–water partition coefficient (Wildman–Crippen LogP) is 2.86. The van der Waals surface area contributed by atoms with Crippen LogP contribution in [-0.2, 0) is 11.3 Å². The second-order valence-corrected chi connectivity index (χ2v) is 6.66. The number of nitrogens with one attached hydrogen (secondary N) is 3. The van der Waals surface area contributed by atoms with Gasteiger partial charge in [0, 0.05) is 29.9 Å². The summed E-state index contributed by atoms with van der Waals surface area (Å²) in [6.07, 6.45) is 0.227. The zero-order valence-corrected chi connectivity index (χ0v) is 16.2. The maximum absolute atomic E-state index is 12.2. The van der Waals surface area contributed by atoms with Gasteiger partial charge in [-0.25, -0.2) is 9.97 Å². The van der Waals surface area contributed by atoms with Gasteiger partial charge in [0.1, 0.15) is 0 Å². The summed E-state index contributed by atoms with van der Waals surface area (Å²) in [4.78, 5) is 20.6. The van der Waals surface area contributed by atoms with Crippen LogP contribution in [0.3, 0.4) is 0 Å².